The molecule has 0 saturated carbocycles. The predicted octanol–water partition coefficient (Wildman–Crippen LogP) is 3.60. The lowest BCUT2D eigenvalue weighted by molar-refractivity contribution is 0.722. The van der Waals surface area contributed by atoms with E-state index in [1.54, 1.807) is 0 Å². The van der Waals surface area contributed by atoms with Gasteiger partial charge in [0.05, 0.1) is 0 Å². The molecule has 2 aromatic rings. The first-order valence-corrected chi connectivity index (χ1v) is 7.41. The molecule has 0 saturated heterocycles. The number of hydrogen-bond acceptors (Lipinski definition) is 2. The van der Waals surface area contributed by atoms with Gasteiger partial charge in [0, 0.05) is 29.4 Å². The van der Waals surface area contributed by atoms with E-state index < -0.39 is 0 Å². The summed E-state index contributed by atoms with van der Waals surface area (Å²) in [6.07, 6.45) is 0.873. The monoisotopic (exact) mass is 366 g/mol. The predicted molar refractivity (Wildman–Crippen MR) is 90.6 cm³/mol. The third-order valence-corrected chi connectivity index (χ3v) is 3.93. The van der Waals surface area contributed by atoms with Gasteiger partial charge >= 0.3 is 0 Å². The first-order chi connectivity index (χ1) is 9.06. The van der Waals surface area contributed by atoms with Crippen molar-refractivity contribution < 1.29 is 0 Å². The number of halogens is 1. The maximum Gasteiger partial charge on any atom is 0.0361 e. The van der Waals surface area contributed by atoms with Crippen molar-refractivity contribution >= 4 is 28.3 Å². The summed E-state index contributed by atoms with van der Waals surface area (Å²) in [6.45, 7) is 0. The summed E-state index contributed by atoms with van der Waals surface area (Å²) in [4.78, 5) is 2.09. The molecule has 0 heterocycles. The number of nitrogens with two attached hydrogens (primary N) is 1. The molecule has 100 valence electrons. The average molecular weight is 366 g/mol. The third kappa shape index (κ3) is 3.94. The van der Waals surface area contributed by atoms with Crippen molar-refractivity contribution in [3.8, 4) is 0 Å². The average Bonchev–Trinajstić information content (AvgIpc) is 2.41. The van der Waals surface area contributed by atoms with Crippen molar-refractivity contribution in [2.75, 3.05) is 19.0 Å². The highest BCUT2D eigenvalue weighted by Gasteiger charge is 2.07. The first-order valence-electron chi connectivity index (χ1n) is 6.33. The maximum absolute atomic E-state index is 6.28. The SMILES string of the molecule is CN(C)c1ccc(C(N)Cc2ccc(I)cc2)cc1. The van der Waals surface area contributed by atoms with E-state index in [0.29, 0.717) is 0 Å². The number of rotatable bonds is 4. The summed E-state index contributed by atoms with van der Waals surface area (Å²) in [5.74, 6) is 0. The molecule has 1 unspecified atom stereocenters. The van der Waals surface area contributed by atoms with Crippen LogP contribution in [0.3, 0.4) is 0 Å². The molecule has 3 heteroatoms. The molecule has 2 N–H and O–H groups in total. The normalized spacial score (nSPS) is 12.2. The van der Waals surface area contributed by atoms with E-state index in [-0.39, 0.29) is 6.04 Å². The Hall–Kier alpha value is -1.07. The quantitative estimate of drug-likeness (QED) is 0.838. The Morgan fingerprint density at radius 1 is 1.00 bits per heavy atom. The lowest BCUT2D eigenvalue weighted by Gasteiger charge is -2.16. The van der Waals surface area contributed by atoms with Crippen molar-refractivity contribution in [1.29, 1.82) is 0 Å². The molecule has 0 aliphatic heterocycles. The van der Waals surface area contributed by atoms with Crippen LogP contribution in [0.5, 0.6) is 0 Å². The van der Waals surface area contributed by atoms with Gasteiger partial charge in [0.2, 0.25) is 0 Å². The van der Waals surface area contributed by atoms with Crippen molar-refractivity contribution in [3.05, 3.63) is 63.2 Å². The molecule has 0 spiro atoms. The number of anilines is 1. The van der Waals surface area contributed by atoms with Crippen LogP contribution in [0.15, 0.2) is 48.5 Å². The number of benzene rings is 2. The molecule has 2 nitrogen and oxygen atoms in total. The van der Waals surface area contributed by atoms with Gasteiger partial charge in [0.1, 0.15) is 0 Å². The van der Waals surface area contributed by atoms with E-state index >= 15 is 0 Å². The molecular formula is C16H19IN2. The van der Waals surface area contributed by atoms with Gasteiger partial charge in [-0.05, 0) is 64.4 Å². The third-order valence-electron chi connectivity index (χ3n) is 3.21. The molecule has 2 rings (SSSR count). The molecule has 0 aliphatic rings. The Morgan fingerprint density at radius 3 is 2.11 bits per heavy atom. The fraction of sp³-hybridized carbons (Fsp3) is 0.250. The maximum atomic E-state index is 6.28. The second-order valence-corrected chi connectivity index (χ2v) is 6.17. The van der Waals surface area contributed by atoms with E-state index in [0.717, 1.165) is 6.42 Å². The fourth-order valence-electron chi connectivity index (χ4n) is 2.01. The van der Waals surface area contributed by atoms with E-state index in [1.807, 2.05) is 14.1 Å². The second kappa shape index (κ2) is 6.39. The van der Waals surface area contributed by atoms with Crippen LogP contribution in [-0.4, -0.2) is 14.1 Å². The summed E-state index contributed by atoms with van der Waals surface area (Å²) in [5.41, 5.74) is 9.94. The summed E-state index contributed by atoms with van der Waals surface area (Å²) in [5, 5.41) is 0. The van der Waals surface area contributed by atoms with Gasteiger partial charge < -0.3 is 10.6 Å². The summed E-state index contributed by atoms with van der Waals surface area (Å²) in [6, 6.07) is 17.1. The minimum Gasteiger partial charge on any atom is -0.378 e. The molecule has 0 bridgehead atoms. The van der Waals surface area contributed by atoms with Crippen LogP contribution >= 0.6 is 22.6 Å². The van der Waals surface area contributed by atoms with E-state index in [9.17, 15) is 0 Å². The van der Waals surface area contributed by atoms with Crippen molar-refractivity contribution in [1.82, 2.24) is 0 Å². The van der Waals surface area contributed by atoms with Gasteiger partial charge in [-0.1, -0.05) is 24.3 Å². The highest BCUT2D eigenvalue weighted by molar-refractivity contribution is 14.1. The number of hydrogen-bond donors (Lipinski definition) is 1. The molecule has 1 atom stereocenters. The second-order valence-electron chi connectivity index (χ2n) is 4.92. The topological polar surface area (TPSA) is 29.3 Å². The lowest BCUT2D eigenvalue weighted by Crippen LogP contribution is -2.14. The van der Waals surface area contributed by atoms with Crippen molar-refractivity contribution in [3.63, 3.8) is 0 Å². The molecule has 0 radical (unpaired) electrons. The van der Waals surface area contributed by atoms with Crippen LogP contribution in [0.4, 0.5) is 5.69 Å². The van der Waals surface area contributed by atoms with Gasteiger partial charge in [0.25, 0.3) is 0 Å². The van der Waals surface area contributed by atoms with Crippen LogP contribution in [0.1, 0.15) is 17.2 Å². The van der Waals surface area contributed by atoms with Gasteiger partial charge in [-0.2, -0.15) is 0 Å². The Balaban J connectivity index is 2.07. The largest absolute Gasteiger partial charge is 0.378 e. The highest BCUT2D eigenvalue weighted by Crippen LogP contribution is 2.20. The fourth-order valence-corrected chi connectivity index (χ4v) is 2.37. The van der Waals surface area contributed by atoms with Gasteiger partial charge in [-0.3, -0.25) is 0 Å². The molecular weight excluding hydrogens is 347 g/mol. The van der Waals surface area contributed by atoms with Gasteiger partial charge in [-0.25, -0.2) is 0 Å². The minimum atomic E-state index is 0.0521. The zero-order chi connectivity index (χ0) is 13.8. The van der Waals surface area contributed by atoms with Crippen molar-refractivity contribution in [2.45, 2.75) is 12.5 Å². The Kier molecular flexibility index (Phi) is 4.82. The summed E-state index contributed by atoms with van der Waals surface area (Å²) >= 11 is 2.32. The van der Waals surface area contributed by atoms with Gasteiger partial charge in [-0.15, -0.1) is 0 Å². The van der Waals surface area contributed by atoms with E-state index in [4.69, 9.17) is 5.73 Å². The Bertz CT molecular complexity index is 517. The Morgan fingerprint density at radius 2 is 1.58 bits per heavy atom. The molecule has 0 aromatic heterocycles. The minimum absolute atomic E-state index is 0.0521. The summed E-state index contributed by atoms with van der Waals surface area (Å²) in [7, 11) is 4.08. The molecule has 0 fully saturated rings. The Labute approximate surface area is 128 Å². The molecule has 19 heavy (non-hydrogen) atoms. The standard InChI is InChI=1S/C16H19IN2/c1-19(2)15-9-5-13(6-10-15)16(18)11-12-3-7-14(17)8-4-12/h3-10,16H,11,18H2,1-2H3. The smallest absolute Gasteiger partial charge is 0.0361 e. The lowest BCUT2D eigenvalue weighted by atomic mass is 9.99. The van der Waals surface area contributed by atoms with Crippen LogP contribution in [0, 0.1) is 3.57 Å². The van der Waals surface area contributed by atoms with Crippen LogP contribution in [0.2, 0.25) is 0 Å². The van der Waals surface area contributed by atoms with Crippen LogP contribution in [-0.2, 0) is 6.42 Å². The van der Waals surface area contributed by atoms with Gasteiger partial charge in [0.15, 0.2) is 0 Å². The molecule has 0 aliphatic carbocycles. The summed E-state index contributed by atoms with van der Waals surface area (Å²) < 4.78 is 1.25. The number of nitrogens with zero attached hydrogens (tertiary/aromatic N) is 1. The van der Waals surface area contributed by atoms with Crippen LogP contribution < -0.4 is 10.6 Å². The highest BCUT2D eigenvalue weighted by atomic mass is 127. The van der Waals surface area contributed by atoms with Crippen molar-refractivity contribution in [2.24, 2.45) is 5.73 Å². The van der Waals surface area contributed by atoms with Crippen LogP contribution in [0.25, 0.3) is 0 Å². The first kappa shape index (κ1) is 14.3. The molecule has 2 aromatic carbocycles. The van der Waals surface area contributed by atoms with E-state index in [1.165, 1.54) is 20.4 Å². The zero-order valence-electron chi connectivity index (χ0n) is 11.3. The van der Waals surface area contributed by atoms with E-state index in [2.05, 4.69) is 76.0 Å². The molecule has 0 amide bonds. The zero-order valence-corrected chi connectivity index (χ0v) is 13.5.